The SMILES string of the molecule is O=C(O)C1CCCCN1C(=O)c1csc(-c2ccsc2)n1. The predicted octanol–water partition coefficient (Wildman–Crippen LogP) is 2.95. The van der Waals surface area contributed by atoms with E-state index >= 15 is 0 Å². The van der Waals surface area contributed by atoms with Crippen molar-refractivity contribution in [2.75, 3.05) is 6.54 Å². The highest BCUT2D eigenvalue weighted by Crippen LogP contribution is 2.27. The highest BCUT2D eigenvalue weighted by atomic mass is 32.1. The highest BCUT2D eigenvalue weighted by molar-refractivity contribution is 7.14. The van der Waals surface area contributed by atoms with Crippen molar-refractivity contribution < 1.29 is 14.7 Å². The van der Waals surface area contributed by atoms with Gasteiger partial charge in [0.05, 0.1) is 0 Å². The Hall–Kier alpha value is -1.73. The first kappa shape index (κ1) is 14.2. The predicted molar refractivity (Wildman–Crippen MR) is 81.7 cm³/mol. The molecule has 1 aliphatic rings. The first-order valence-corrected chi connectivity index (χ1v) is 8.51. The zero-order valence-electron chi connectivity index (χ0n) is 11.2. The third kappa shape index (κ3) is 2.84. The van der Waals surface area contributed by atoms with Crippen LogP contribution in [0.5, 0.6) is 0 Å². The van der Waals surface area contributed by atoms with Crippen LogP contribution in [0.1, 0.15) is 29.8 Å². The van der Waals surface area contributed by atoms with E-state index < -0.39 is 12.0 Å². The summed E-state index contributed by atoms with van der Waals surface area (Å²) in [6.45, 7) is 0.487. The zero-order valence-corrected chi connectivity index (χ0v) is 12.8. The lowest BCUT2D eigenvalue weighted by Crippen LogP contribution is -2.48. The number of carbonyl (C=O) groups excluding carboxylic acids is 1. The van der Waals surface area contributed by atoms with E-state index in [1.165, 1.54) is 16.2 Å². The number of hydrogen-bond donors (Lipinski definition) is 1. The van der Waals surface area contributed by atoms with Crippen LogP contribution < -0.4 is 0 Å². The fourth-order valence-electron chi connectivity index (χ4n) is 2.47. The first-order valence-electron chi connectivity index (χ1n) is 6.68. The molecule has 2 aromatic heterocycles. The van der Waals surface area contributed by atoms with Crippen molar-refractivity contribution in [3.63, 3.8) is 0 Å². The average Bonchev–Trinajstić information content (AvgIpc) is 3.17. The number of carbonyl (C=O) groups is 2. The maximum atomic E-state index is 12.5. The fraction of sp³-hybridized carbons (Fsp3) is 0.357. The summed E-state index contributed by atoms with van der Waals surface area (Å²) in [5.74, 6) is -1.21. The number of nitrogens with zero attached hydrogens (tertiary/aromatic N) is 2. The topological polar surface area (TPSA) is 70.5 Å². The molecule has 7 heteroatoms. The monoisotopic (exact) mass is 322 g/mol. The minimum absolute atomic E-state index is 0.278. The molecule has 3 rings (SSSR count). The standard InChI is InChI=1S/C14H14N2O3S2/c17-13(16-5-2-1-3-11(16)14(18)19)10-8-21-12(15-10)9-4-6-20-7-9/h4,6-8,11H,1-3,5H2,(H,18,19). The highest BCUT2D eigenvalue weighted by Gasteiger charge is 2.33. The van der Waals surface area contributed by atoms with Gasteiger partial charge in [0, 0.05) is 22.9 Å². The minimum atomic E-state index is -0.934. The first-order chi connectivity index (χ1) is 10.2. The molecular formula is C14H14N2O3S2. The Kier molecular flexibility index (Phi) is 4.03. The van der Waals surface area contributed by atoms with Gasteiger partial charge in [-0.1, -0.05) is 0 Å². The molecule has 1 fully saturated rings. The Labute approximate surface area is 129 Å². The maximum Gasteiger partial charge on any atom is 0.326 e. The number of likely N-dealkylation sites (tertiary alicyclic amines) is 1. The van der Waals surface area contributed by atoms with Crippen LogP contribution in [0.25, 0.3) is 10.6 Å². The molecule has 1 saturated heterocycles. The zero-order chi connectivity index (χ0) is 14.8. The molecule has 1 aliphatic heterocycles. The molecule has 110 valence electrons. The minimum Gasteiger partial charge on any atom is -0.480 e. The van der Waals surface area contributed by atoms with Crippen LogP contribution in [-0.4, -0.2) is 39.5 Å². The van der Waals surface area contributed by atoms with E-state index in [2.05, 4.69) is 4.98 Å². The van der Waals surface area contributed by atoms with Crippen LogP contribution in [0.4, 0.5) is 0 Å². The van der Waals surface area contributed by atoms with E-state index in [1.807, 2.05) is 16.8 Å². The average molecular weight is 322 g/mol. The van der Waals surface area contributed by atoms with Gasteiger partial charge in [0.1, 0.15) is 16.7 Å². The number of hydrogen-bond acceptors (Lipinski definition) is 5. The number of aromatic nitrogens is 1. The second-order valence-electron chi connectivity index (χ2n) is 4.90. The molecule has 1 amide bonds. The van der Waals surface area contributed by atoms with Gasteiger partial charge in [-0.15, -0.1) is 11.3 Å². The third-order valence-corrected chi connectivity index (χ3v) is 5.11. The van der Waals surface area contributed by atoms with Gasteiger partial charge in [0.15, 0.2) is 0 Å². The summed E-state index contributed by atoms with van der Waals surface area (Å²) in [5, 5.41) is 15.7. The number of thiazole rings is 1. The molecule has 2 aromatic rings. The van der Waals surface area contributed by atoms with Gasteiger partial charge in [-0.3, -0.25) is 4.79 Å². The summed E-state index contributed by atoms with van der Waals surface area (Å²) in [4.78, 5) is 29.6. The number of rotatable bonds is 3. The largest absolute Gasteiger partial charge is 0.480 e. The number of thiophene rings is 1. The van der Waals surface area contributed by atoms with Gasteiger partial charge in [0.2, 0.25) is 0 Å². The summed E-state index contributed by atoms with van der Waals surface area (Å²) >= 11 is 2.99. The lowest BCUT2D eigenvalue weighted by atomic mass is 10.0. The van der Waals surface area contributed by atoms with Crippen LogP contribution in [0.2, 0.25) is 0 Å². The smallest absolute Gasteiger partial charge is 0.326 e. The van der Waals surface area contributed by atoms with Crippen molar-refractivity contribution in [1.82, 2.24) is 9.88 Å². The number of carboxylic acids is 1. The molecule has 1 atom stereocenters. The van der Waals surface area contributed by atoms with E-state index in [1.54, 1.807) is 16.7 Å². The molecule has 0 aromatic carbocycles. The van der Waals surface area contributed by atoms with Crippen LogP contribution >= 0.6 is 22.7 Å². The number of carboxylic acid groups (broad SMARTS) is 1. The number of piperidine rings is 1. The molecule has 3 heterocycles. The Morgan fingerprint density at radius 2 is 2.19 bits per heavy atom. The number of amides is 1. The maximum absolute atomic E-state index is 12.5. The van der Waals surface area contributed by atoms with Crippen molar-refractivity contribution >= 4 is 34.6 Å². The van der Waals surface area contributed by atoms with E-state index in [-0.39, 0.29) is 5.91 Å². The molecule has 0 aliphatic carbocycles. The molecule has 0 bridgehead atoms. The summed E-state index contributed by atoms with van der Waals surface area (Å²) < 4.78 is 0. The summed E-state index contributed by atoms with van der Waals surface area (Å²) in [7, 11) is 0. The molecule has 21 heavy (non-hydrogen) atoms. The summed E-state index contributed by atoms with van der Waals surface area (Å²) in [5.41, 5.74) is 1.34. The van der Waals surface area contributed by atoms with Gasteiger partial charge in [-0.05, 0) is 30.7 Å². The Bertz CT molecular complexity index is 651. The number of aliphatic carboxylic acids is 1. The molecule has 0 radical (unpaired) electrons. The van der Waals surface area contributed by atoms with Crippen LogP contribution in [0, 0.1) is 0 Å². The Balaban J connectivity index is 1.83. The fourth-order valence-corrected chi connectivity index (χ4v) is 3.98. The lowest BCUT2D eigenvalue weighted by molar-refractivity contribution is -0.143. The van der Waals surface area contributed by atoms with Gasteiger partial charge < -0.3 is 10.0 Å². The third-order valence-electron chi connectivity index (χ3n) is 3.54. The van der Waals surface area contributed by atoms with Gasteiger partial charge >= 0.3 is 5.97 Å². The van der Waals surface area contributed by atoms with Gasteiger partial charge in [-0.25, -0.2) is 9.78 Å². The summed E-state index contributed by atoms with van der Waals surface area (Å²) in [6, 6.07) is 1.23. The second kappa shape index (κ2) is 5.95. The Morgan fingerprint density at radius 1 is 1.33 bits per heavy atom. The van der Waals surface area contributed by atoms with Crippen LogP contribution in [0.15, 0.2) is 22.2 Å². The summed E-state index contributed by atoms with van der Waals surface area (Å²) in [6.07, 6.45) is 2.21. The van der Waals surface area contributed by atoms with Crippen molar-refractivity contribution in [1.29, 1.82) is 0 Å². The molecular weight excluding hydrogens is 308 g/mol. The van der Waals surface area contributed by atoms with E-state index in [9.17, 15) is 14.7 Å². The van der Waals surface area contributed by atoms with E-state index in [0.29, 0.717) is 18.7 Å². The second-order valence-corrected chi connectivity index (χ2v) is 6.54. The van der Waals surface area contributed by atoms with Crippen molar-refractivity contribution in [3.05, 3.63) is 27.9 Å². The van der Waals surface area contributed by atoms with Gasteiger partial charge in [0.25, 0.3) is 5.91 Å². The normalized spacial score (nSPS) is 18.7. The molecule has 1 unspecified atom stereocenters. The van der Waals surface area contributed by atoms with Crippen molar-refractivity contribution in [2.45, 2.75) is 25.3 Å². The quantitative estimate of drug-likeness (QED) is 0.943. The van der Waals surface area contributed by atoms with Gasteiger partial charge in [-0.2, -0.15) is 11.3 Å². The van der Waals surface area contributed by atoms with Crippen LogP contribution in [0.3, 0.4) is 0 Å². The molecule has 0 saturated carbocycles. The molecule has 5 nitrogen and oxygen atoms in total. The van der Waals surface area contributed by atoms with Crippen molar-refractivity contribution in [2.24, 2.45) is 0 Å². The van der Waals surface area contributed by atoms with Crippen LogP contribution in [-0.2, 0) is 4.79 Å². The Morgan fingerprint density at radius 3 is 2.90 bits per heavy atom. The molecule has 0 spiro atoms. The van der Waals surface area contributed by atoms with E-state index in [4.69, 9.17) is 0 Å². The van der Waals surface area contributed by atoms with Crippen molar-refractivity contribution in [3.8, 4) is 10.6 Å². The lowest BCUT2D eigenvalue weighted by Gasteiger charge is -2.32. The van der Waals surface area contributed by atoms with E-state index in [0.717, 1.165) is 23.4 Å². The molecule has 1 N–H and O–H groups in total.